The van der Waals surface area contributed by atoms with Crippen molar-refractivity contribution in [2.75, 3.05) is 6.73 Å². The van der Waals surface area contributed by atoms with E-state index in [0.717, 1.165) is 24.3 Å². The van der Waals surface area contributed by atoms with Gasteiger partial charge in [0, 0.05) is 16.5 Å². The summed E-state index contributed by atoms with van der Waals surface area (Å²) in [4.78, 5) is 11.8. The van der Waals surface area contributed by atoms with Crippen molar-refractivity contribution < 1.29 is 31.5 Å². The van der Waals surface area contributed by atoms with Gasteiger partial charge in [-0.3, -0.25) is 10.2 Å². The van der Waals surface area contributed by atoms with Crippen molar-refractivity contribution in [3.63, 3.8) is 0 Å². The first-order valence-corrected chi connectivity index (χ1v) is 7.78. The number of rotatable bonds is 5. The van der Waals surface area contributed by atoms with Crippen LogP contribution < -0.4 is 5.32 Å². The van der Waals surface area contributed by atoms with Gasteiger partial charge in [0.1, 0.15) is 11.6 Å². The minimum absolute atomic E-state index is 0.0705. The van der Waals surface area contributed by atoms with Crippen LogP contribution in [0.1, 0.15) is 15.9 Å². The van der Waals surface area contributed by atoms with Crippen LogP contribution in [-0.2, 0) is 4.74 Å². The van der Waals surface area contributed by atoms with Crippen molar-refractivity contribution in [3.8, 4) is 0 Å². The molecule has 2 rings (SSSR count). The summed E-state index contributed by atoms with van der Waals surface area (Å²) in [6, 6.07) is 7.25. The maximum atomic E-state index is 13.5. The van der Waals surface area contributed by atoms with Crippen molar-refractivity contribution in [2.24, 2.45) is 0 Å². The van der Waals surface area contributed by atoms with Crippen molar-refractivity contribution >= 4 is 23.6 Å². The number of carbonyl (C=O) groups excluding carboxylic acids is 1. The number of hydrogen-bond acceptors (Lipinski definition) is 4. The summed E-state index contributed by atoms with van der Waals surface area (Å²) in [6.07, 6.45) is 0. The van der Waals surface area contributed by atoms with Crippen LogP contribution in [0.2, 0.25) is 0 Å². The highest BCUT2D eigenvalue weighted by Crippen LogP contribution is 2.36. The molecule has 2 aromatic carbocycles. The Labute approximate surface area is 148 Å². The minimum Gasteiger partial charge on any atom is -0.456 e. The standard InChI is InChI=1S/C16H11F5N2O2S/c17-10-3-6-12(13(18)7-10)14(22)25-8-23-15(24)9-1-4-11(5-2-9)26-16(19,20)21/h1-7,22H,8H2,(H,23,24). The highest BCUT2D eigenvalue weighted by atomic mass is 32.2. The van der Waals surface area contributed by atoms with Crippen molar-refractivity contribution in [2.45, 2.75) is 10.4 Å². The highest BCUT2D eigenvalue weighted by molar-refractivity contribution is 8.00. The van der Waals surface area contributed by atoms with Gasteiger partial charge in [0.05, 0.1) is 5.56 Å². The molecule has 0 aliphatic heterocycles. The SMILES string of the molecule is N=C(OCNC(=O)c1ccc(SC(F)(F)F)cc1)c1ccc(F)cc1F. The molecule has 10 heteroatoms. The smallest absolute Gasteiger partial charge is 0.446 e. The van der Waals surface area contributed by atoms with Gasteiger partial charge in [-0.15, -0.1) is 0 Å². The van der Waals surface area contributed by atoms with E-state index in [-0.39, 0.29) is 27.8 Å². The lowest BCUT2D eigenvalue weighted by atomic mass is 10.2. The summed E-state index contributed by atoms with van der Waals surface area (Å²) < 4.78 is 67.8. The lowest BCUT2D eigenvalue weighted by Gasteiger charge is -2.10. The normalized spacial score (nSPS) is 11.1. The molecular weight excluding hydrogens is 379 g/mol. The van der Waals surface area contributed by atoms with Crippen molar-refractivity contribution in [1.29, 1.82) is 5.41 Å². The van der Waals surface area contributed by atoms with Gasteiger partial charge < -0.3 is 10.1 Å². The van der Waals surface area contributed by atoms with Gasteiger partial charge in [0.2, 0.25) is 5.90 Å². The van der Waals surface area contributed by atoms with E-state index in [9.17, 15) is 26.7 Å². The summed E-state index contributed by atoms with van der Waals surface area (Å²) in [5, 5.41) is 9.83. The zero-order valence-corrected chi connectivity index (χ0v) is 13.7. The van der Waals surface area contributed by atoms with Gasteiger partial charge in [-0.05, 0) is 48.2 Å². The molecule has 0 unspecified atom stereocenters. The Morgan fingerprint density at radius 2 is 1.77 bits per heavy atom. The average Bonchev–Trinajstić information content (AvgIpc) is 2.53. The van der Waals surface area contributed by atoms with Crippen molar-refractivity contribution in [1.82, 2.24) is 5.32 Å². The topological polar surface area (TPSA) is 62.2 Å². The first-order chi connectivity index (χ1) is 12.2. The Morgan fingerprint density at radius 1 is 1.12 bits per heavy atom. The number of benzene rings is 2. The van der Waals surface area contributed by atoms with E-state index in [4.69, 9.17) is 10.1 Å². The largest absolute Gasteiger partial charge is 0.456 e. The summed E-state index contributed by atoms with van der Waals surface area (Å²) in [5.41, 5.74) is -4.62. The van der Waals surface area contributed by atoms with Crippen LogP contribution in [0.4, 0.5) is 22.0 Å². The first kappa shape index (κ1) is 19.7. The molecule has 0 saturated carbocycles. The third-order valence-electron chi connectivity index (χ3n) is 2.98. The van der Waals surface area contributed by atoms with Crippen LogP contribution in [-0.4, -0.2) is 24.0 Å². The van der Waals surface area contributed by atoms with Crippen LogP contribution in [0, 0.1) is 17.0 Å². The summed E-state index contributed by atoms with van der Waals surface area (Å²) in [5.74, 6) is -3.06. The maximum Gasteiger partial charge on any atom is 0.446 e. The Hall–Kier alpha value is -2.62. The Bertz CT molecular complexity index is 809. The van der Waals surface area contributed by atoms with E-state index in [0.29, 0.717) is 6.07 Å². The number of nitrogens with one attached hydrogen (secondary N) is 2. The molecule has 0 aliphatic carbocycles. The molecule has 1 amide bonds. The third kappa shape index (κ3) is 5.73. The lowest BCUT2D eigenvalue weighted by Crippen LogP contribution is -2.28. The molecule has 0 aromatic heterocycles. The minimum atomic E-state index is -4.42. The monoisotopic (exact) mass is 390 g/mol. The lowest BCUT2D eigenvalue weighted by molar-refractivity contribution is -0.0328. The van der Waals surface area contributed by atoms with E-state index in [2.05, 4.69) is 5.32 Å². The average molecular weight is 390 g/mol. The fourth-order valence-corrected chi connectivity index (χ4v) is 2.37. The molecule has 138 valence electrons. The second-order valence-corrected chi connectivity index (χ2v) is 5.96. The number of hydrogen-bond donors (Lipinski definition) is 2. The molecule has 0 heterocycles. The first-order valence-electron chi connectivity index (χ1n) is 6.96. The van der Waals surface area contributed by atoms with E-state index < -0.39 is 35.7 Å². The highest BCUT2D eigenvalue weighted by Gasteiger charge is 2.29. The molecule has 0 saturated heterocycles. The number of thioether (sulfide) groups is 1. The third-order valence-corrected chi connectivity index (χ3v) is 3.71. The molecule has 2 N–H and O–H groups in total. The van der Waals surface area contributed by atoms with Crippen LogP contribution >= 0.6 is 11.8 Å². The molecule has 26 heavy (non-hydrogen) atoms. The van der Waals surface area contributed by atoms with Gasteiger partial charge >= 0.3 is 5.51 Å². The second kappa shape index (κ2) is 8.17. The molecule has 0 atom stereocenters. The van der Waals surface area contributed by atoms with E-state index in [1.54, 1.807) is 0 Å². The predicted molar refractivity (Wildman–Crippen MR) is 85.0 cm³/mol. The van der Waals surface area contributed by atoms with Gasteiger partial charge in [-0.25, -0.2) is 8.78 Å². The number of amides is 1. The molecule has 2 aromatic rings. The van der Waals surface area contributed by atoms with Crippen molar-refractivity contribution in [3.05, 3.63) is 65.2 Å². The second-order valence-electron chi connectivity index (χ2n) is 4.82. The Kier molecular flexibility index (Phi) is 6.19. The van der Waals surface area contributed by atoms with Gasteiger partial charge in [0.15, 0.2) is 6.73 Å². The molecular formula is C16H11F5N2O2S. The summed E-state index contributed by atoms with van der Waals surface area (Å²) in [7, 11) is 0. The zero-order valence-electron chi connectivity index (χ0n) is 12.9. The number of halogens is 5. The Morgan fingerprint density at radius 3 is 2.35 bits per heavy atom. The quantitative estimate of drug-likeness (QED) is 0.263. The maximum absolute atomic E-state index is 13.5. The van der Waals surface area contributed by atoms with Crippen LogP contribution in [0.25, 0.3) is 0 Å². The summed E-state index contributed by atoms with van der Waals surface area (Å²) >= 11 is -0.304. The van der Waals surface area contributed by atoms with Crippen LogP contribution in [0.15, 0.2) is 47.4 Å². The van der Waals surface area contributed by atoms with E-state index >= 15 is 0 Å². The molecule has 0 spiro atoms. The molecule has 4 nitrogen and oxygen atoms in total. The molecule has 0 bridgehead atoms. The van der Waals surface area contributed by atoms with Gasteiger partial charge in [0.25, 0.3) is 5.91 Å². The Balaban J connectivity index is 1.87. The number of ether oxygens (including phenoxy) is 1. The van der Waals surface area contributed by atoms with E-state index in [1.807, 2.05) is 0 Å². The van der Waals surface area contributed by atoms with Crippen LogP contribution in [0.3, 0.4) is 0 Å². The zero-order chi connectivity index (χ0) is 19.3. The predicted octanol–water partition coefficient (Wildman–Crippen LogP) is 4.31. The fraction of sp³-hybridized carbons (Fsp3) is 0.125. The van der Waals surface area contributed by atoms with Gasteiger partial charge in [-0.1, -0.05) is 0 Å². The van der Waals surface area contributed by atoms with E-state index in [1.165, 1.54) is 12.1 Å². The molecule has 0 radical (unpaired) electrons. The fourth-order valence-electron chi connectivity index (χ4n) is 1.84. The summed E-state index contributed by atoms with van der Waals surface area (Å²) in [6.45, 7) is -0.479. The number of alkyl halides is 3. The molecule has 0 aliphatic rings. The number of carbonyl (C=O) groups is 1. The molecule has 0 fully saturated rings. The van der Waals surface area contributed by atoms with Crippen LogP contribution in [0.5, 0.6) is 0 Å². The van der Waals surface area contributed by atoms with Gasteiger partial charge in [-0.2, -0.15) is 13.2 Å².